The van der Waals surface area contributed by atoms with E-state index in [-0.39, 0.29) is 17.5 Å². The van der Waals surface area contributed by atoms with E-state index in [9.17, 15) is 4.79 Å². The van der Waals surface area contributed by atoms with Crippen LogP contribution in [0.25, 0.3) is 0 Å². The first kappa shape index (κ1) is 17.3. The van der Waals surface area contributed by atoms with E-state index in [1.54, 1.807) is 6.92 Å². The summed E-state index contributed by atoms with van der Waals surface area (Å²) in [6, 6.07) is 7.97. The number of hydrogen-bond acceptors (Lipinski definition) is 4. The second kappa shape index (κ2) is 6.75. The molecule has 24 heavy (non-hydrogen) atoms. The van der Waals surface area contributed by atoms with Crippen LogP contribution in [0.15, 0.2) is 24.3 Å². The van der Waals surface area contributed by atoms with Crippen molar-refractivity contribution in [2.45, 2.75) is 58.2 Å². The van der Waals surface area contributed by atoms with Gasteiger partial charge in [0.25, 0.3) is 0 Å². The molecule has 4 nitrogen and oxygen atoms in total. The van der Waals surface area contributed by atoms with Crippen molar-refractivity contribution < 1.29 is 14.3 Å². The molecule has 0 radical (unpaired) electrons. The van der Waals surface area contributed by atoms with Crippen LogP contribution < -0.4 is 4.74 Å². The Bertz CT molecular complexity index is 568. The van der Waals surface area contributed by atoms with Crippen LogP contribution in [0.1, 0.15) is 46.1 Å². The number of rotatable bonds is 4. The Morgan fingerprint density at radius 1 is 1.17 bits per heavy atom. The number of carbonyl (C=O) groups excluding carboxylic acids is 1. The molecule has 3 aliphatic heterocycles. The Balaban J connectivity index is 1.54. The van der Waals surface area contributed by atoms with Crippen molar-refractivity contribution in [2.75, 3.05) is 19.6 Å². The smallest absolute Gasteiger partial charge is 0.347 e. The van der Waals surface area contributed by atoms with Gasteiger partial charge in [0.2, 0.25) is 0 Å². The van der Waals surface area contributed by atoms with E-state index >= 15 is 0 Å². The minimum atomic E-state index is -0.582. The largest absolute Gasteiger partial charge is 0.479 e. The lowest BCUT2D eigenvalue weighted by atomic mass is 9.86. The molecule has 1 aromatic carbocycles. The van der Waals surface area contributed by atoms with Gasteiger partial charge in [0.05, 0.1) is 0 Å². The van der Waals surface area contributed by atoms with Crippen LogP contribution in [0.4, 0.5) is 0 Å². The van der Waals surface area contributed by atoms with Crippen molar-refractivity contribution in [3.8, 4) is 5.75 Å². The minimum absolute atomic E-state index is 0.0364. The molecule has 2 atom stereocenters. The third-order valence-corrected chi connectivity index (χ3v) is 5.23. The zero-order valence-electron chi connectivity index (χ0n) is 15.2. The number of fused-ring (bicyclic) bond motifs is 3. The molecule has 3 saturated heterocycles. The molecule has 0 amide bonds. The summed E-state index contributed by atoms with van der Waals surface area (Å²) in [5.74, 6) is 0.979. The van der Waals surface area contributed by atoms with E-state index in [0.717, 1.165) is 32.5 Å². The van der Waals surface area contributed by atoms with Gasteiger partial charge in [0, 0.05) is 6.54 Å². The van der Waals surface area contributed by atoms with E-state index < -0.39 is 6.10 Å². The Hall–Kier alpha value is -1.55. The number of hydrogen-bond donors (Lipinski definition) is 0. The van der Waals surface area contributed by atoms with Crippen molar-refractivity contribution in [1.29, 1.82) is 0 Å². The zero-order valence-corrected chi connectivity index (χ0v) is 15.2. The minimum Gasteiger partial charge on any atom is -0.479 e. The van der Waals surface area contributed by atoms with Crippen LogP contribution in [0.2, 0.25) is 0 Å². The molecule has 0 spiro atoms. The van der Waals surface area contributed by atoms with E-state index in [1.165, 1.54) is 5.56 Å². The van der Waals surface area contributed by atoms with Gasteiger partial charge < -0.3 is 9.47 Å². The summed E-state index contributed by atoms with van der Waals surface area (Å²) in [7, 11) is 0. The Kier molecular flexibility index (Phi) is 4.86. The first-order chi connectivity index (χ1) is 11.3. The predicted octanol–water partition coefficient (Wildman–Crippen LogP) is 3.39. The molecule has 0 aliphatic carbocycles. The molecule has 1 aromatic rings. The summed E-state index contributed by atoms with van der Waals surface area (Å²) >= 11 is 0. The maximum atomic E-state index is 12.4. The van der Waals surface area contributed by atoms with Gasteiger partial charge in [-0.05, 0) is 61.9 Å². The van der Waals surface area contributed by atoms with Crippen molar-refractivity contribution >= 4 is 5.97 Å². The lowest BCUT2D eigenvalue weighted by Crippen LogP contribution is -2.52. The molecule has 3 heterocycles. The molecule has 1 unspecified atom stereocenters. The average molecular weight is 331 g/mol. The Morgan fingerprint density at radius 2 is 1.79 bits per heavy atom. The Labute approximate surface area is 145 Å². The van der Waals surface area contributed by atoms with E-state index in [0.29, 0.717) is 11.7 Å². The normalized spacial score (nSPS) is 27.6. The van der Waals surface area contributed by atoms with Crippen LogP contribution in [0.3, 0.4) is 0 Å². The number of ether oxygens (including phenoxy) is 2. The number of esters is 1. The highest BCUT2D eigenvalue weighted by molar-refractivity contribution is 5.74. The fraction of sp³-hybridized carbons (Fsp3) is 0.650. The van der Waals surface area contributed by atoms with Gasteiger partial charge in [0.1, 0.15) is 11.9 Å². The van der Waals surface area contributed by atoms with Crippen LogP contribution in [-0.2, 0) is 14.9 Å². The topological polar surface area (TPSA) is 38.8 Å². The molecular formula is C20H29NO3. The molecule has 0 N–H and O–H groups in total. The lowest BCUT2D eigenvalue weighted by Gasteiger charge is -2.44. The van der Waals surface area contributed by atoms with Gasteiger partial charge in [0.15, 0.2) is 6.10 Å². The molecule has 2 bridgehead atoms. The number of carbonyl (C=O) groups is 1. The fourth-order valence-electron chi connectivity index (χ4n) is 3.58. The third-order valence-electron chi connectivity index (χ3n) is 5.23. The highest BCUT2D eigenvalue weighted by Crippen LogP contribution is 2.30. The summed E-state index contributed by atoms with van der Waals surface area (Å²) in [5, 5.41) is 0. The van der Waals surface area contributed by atoms with Gasteiger partial charge in [-0.15, -0.1) is 0 Å². The summed E-state index contributed by atoms with van der Waals surface area (Å²) < 4.78 is 11.5. The molecule has 4 rings (SSSR count). The van der Waals surface area contributed by atoms with Gasteiger partial charge in [-0.1, -0.05) is 32.9 Å². The summed E-state index contributed by atoms with van der Waals surface area (Å²) in [6.07, 6.45) is 1.73. The Morgan fingerprint density at radius 3 is 2.29 bits per heavy atom. The number of nitrogens with zero attached hydrogens (tertiary/aromatic N) is 1. The summed E-state index contributed by atoms with van der Waals surface area (Å²) in [6.45, 7) is 11.5. The van der Waals surface area contributed by atoms with Crippen LogP contribution >= 0.6 is 0 Å². The molecule has 132 valence electrons. The van der Waals surface area contributed by atoms with Gasteiger partial charge in [-0.25, -0.2) is 4.79 Å². The third kappa shape index (κ3) is 3.92. The predicted molar refractivity (Wildman–Crippen MR) is 94.3 cm³/mol. The first-order valence-electron chi connectivity index (χ1n) is 9.03. The quantitative estimate of drug-likeness (QED) is 0.793. The molecule has 4 heteroatoms. The van der Waals surface area contributed by atoms with Crippen molar-refractivity contribution in [1.82, 2.24) is 4.90 Å². The highest BCUT2D eigenvalue weighted by atomic mass is 16.6. The van der Waals surface area contributed by atoms with E-state index in [1.807, 2.05) is 12.1 Å². The lowest BCUT2D eigenvalue weighted by molar-refractivity contribution is -0.166. The standard InChI is InChI=1S/C20H29NO3/c1-14(23-17-7-5-16(6-8-17)20(2,3)4)19(22)24-18-13-21-11-9-15(18)10-12-21/h5-8,14-15,18H,9-13H2,1-4H3/t14?,18-/m1/s1. The SMILES string of the molecule is CC(Oc1ccc(C(C)(C)C)cc1)C(=O)O[C@@H]1CN2CCC1CC2. The second-order valence-electron chi connectivity index (χ2n) is 8.15. The fourth-order valence-corrected chi connectivity index (χ4v) is 3.58. The van der Waals surface area contributed by atoms with E-state index in [2.05, 4.69) is 37.8 Å². The number of piperidine rings is 3. The summed E-state index contributed by atoms with van der Waals surface area (Å²) in [4.78, 5) is 14.7. The molecule has 3 aliphatic rings. The maximum absolute atomic E-state index is 12.4. The first-order valence-corrected chi connectivity index (χ1v) is 9.03. The van der Waals surface area contributed by atoms with Crippen molar-refractivity contribution in [3.05, 3.63) is 29.8 Å². The van der Waals surface area contributed by atoms with Crippen LogP contribution in [0.5, 0.6) is 5.75 Å². The molecular weight excluding hydrogens is 302 g/mol. The second-order valence-corrected chi connectivity index (χ2v) is 8.15. The monoisotopic (exact) mass is 331 g/mol. The highest BCUT2D eigenvalue weighted by Gasteiger charge is 2.37. The van der Waals surface area contributed by atoms with Crippen LogP contribution in [0, 0.1) is 5.92 Å². The maximum Gasteiger partial charge on any atom is 0.347 e. The summed E-state index contributed by atoms with van der Waals surface area (Å²) in [5.41, 5.74) is 1.36. The molecule has 3 fully saturated rings. The zero-order chi connectivity index (χ0) is 17.3. The average Bonchev–Trinajstić information content (AvgIpc) is 2.55. The van der Waals surface area contributed by atoms with E-state index in [4.69, 9.17) is 9.47 Å². The number of benzene rings is 1. The van der Waals surface area contributed by atoms with Gasteiger partial charge in [-0.2, -0.15) is 0 Å². The van der Waals surface area contributed by atoms with Crippen molar-refractivity contribution in [3.63, 3.8) is 0 Å². The van der Waals surface area contributed by atoms with Crippen molar-refractivity contribution in [2.24, 2.45) is 5.92 Å². The van der Waals surface area contributed by atoms with Gasteiger partial charge >= 0.3 is 5.97 Å². The molecule has 0 aromatic heterocycles. The van der Waals surface area contributed by atoms with Gasteiger partial charge in [-0.3, -0.25) is 4.90 Å². The van der Waals surface area contributed by atoms with Crippen LogP contribution in [-0.4, -0.2) is 42.7 Å². The molecule has 0 saturated carbocycles.